The molecule has 5 rings (SSSR count). The number of rotatable bonds is 7. The normalized spacial score (nSPS) is 17.3. The Morgan fingerprint density at radius 2 is 1.71 bits per heavy atom. The molecule has 1 saturated heterocycles. The Hall–Kier alpha value is -3.68. The molecule has 240 valence electrons. The Balaban J connectivity index is 1.42. The second-order valence-corrected chi connectivity index (χ2v) is 11.3. The van der Waals surface area contributed by atoms with Crippen molar-refractivity contribution in [2.75, 3.05) is 31.3 Å². The lowest BCUT2D eigenvalue weighted by molar-refractivity contribution is -0.167. The summed E-state index contributed by atoms with van der Waals surface area (Å²) in [6, 6.07) is 2.66. The number of nitrogens with zero attached hydrogens (tertiary/aromatic N) is 1. The van der Waals surface area contributed by atoms with Crippen LogP contribution in [0.25, 0.3) is 11.1 Å². The van der Waals surface area contributed by atoms with E-state index < -0.39 is 65.4 Å². The van der Waals surface area contributed by atoms with Gasteiger partial charge in [0.15, 0.2) is 0 Å². The Kier molecular flexibility index (Phi) is 9.43. The Bertz CT molecular complexity index is 1610. The van der Waals surface area contributed by atoms with Crippen LogP contribution >= 0.6 is 23.2 Å². The number of morpholine rings is 1. The topological polar surface area (TPSA) is 88.1 Å². The van der Waals surface area contributed by atoms with Gasteiger partial charge in [-0.05, 0) is 48.2 Å². The molecule has 7 nitrogen and oxygen atoms in total. The SMILES string of the molecule is O=C(N[C@@H](Cc1ccc(-c2c(Cl)cc(F)cc2Cl)c2c1CCCO2)C(=O)O)c1c(F)cc(N2CCOC[C@@H]2C(F)(F)F)cc1F. The number of aliphatic carboxylic acids is 1. The van der Waals surface area contributed by atoms with Gasteiger partial charge in [-0.3, -0.25) is 4.79 Å². The molecule has 3 aromatic rings. The van der Waals surface area contributed by atoms with E-state index in [9.17, 15) is 32.3 Å². The molecule has 45 heavy (non-hydrogen) atoms. The van der Waals surface area contributed by atoms with E-state index in [4.69, 9.17) is 32.7 Å². The van der Waals surface area contributed by atoms with Crippen LogP contribution < -0.4 is 15.0 Å². The summed E-state index contributed by atoms with van der Waals surface area (Å²) < 4.78 is 95.2. The van der Waals surface area contributed by atoms with Crippen LogP contribution in [-0.4, -0.2) is 61.6 Å². The molecule has 0 aliphatic carbocycles. The van der Waals surface area contributed by atoms with Crippen molar-refractivity contribution in [3.8, 4) is 16.9 Å². The number of carbonyl (C=O) groups excluding carboxylic acids is 1. The minimum atomic E-state index is -4.75. The van der Waals surface area contributed by atoms with Gasteiger partial charge in [-0.25, -0.2) is 18.0 Å². The molecule has 0 bridgehead atoms. The summed E-state index contributed by atoms with van der Waals surface area (Å²) in [5.74, 6) is -6.16. The largest absolute Gasteiger partial charge is 0.493 e. The monoisotopic (exact) mass is 676 g/mol. The van der Waals surface area contributed by atoms with Gasteiger partial charge in [0.05, 0.1) is 29.9 Å². The van der Waals surface area contributed by atoms with Crippen LogP contribution in [0.5, 0.6) is 5.75 Å². The van der Waals surface area contributed by atoms with E-state index in [0.29, 0.717) is 59.6 Å². The fraction of sp³-hybridized carbons (Fsp3) is 0.333. The zero-order chi connectivity index (χ0) is 32.6. The first-order valence-corrected chi connectivity index (χ1v) is 14.4. The van der Waals surface area contributed by atoms with Crippen molar-refractivity contribution in [3.63, 3.8) is 0 Å². The summed E-state index contributed by atoms with van der Waals surface area (Å²) in [4.78, 5) is 25.9. The summed E-state index contributed by atoms with van der Waals surface area (Å²) in [5, 5.41) is 12.1. The second-order valence-electron chi connectivity index (χ2n) is 10.5. The highest BCUT2D eigenvalue weighted by molar-refractivity contribution is 6.39. The third-order valence-corrected chi connectivity index (χ3v) is 8.17. The minimum absolute atomic E-state index is 0.0254. The first-order valence-electron chi connectivity index (χ1n) is 13.6. The van der Waals surface area contributed by atoms with Gasteiger partial charge < -0.3 is 24.8 Å². The maximum absolute atomic E-state index is 15.1. The first kappa shape index (κ1) is 32.7. The minimum Gasteiger partial charge on any atom is -0.493 e. The second kappa shape index (κ2) is 13.0. The third kappa shape index (κ3) is 6.80. The number of fused-ring (bicyclic) bond motifs is 1. The molecule has 2 atom stereocenters. The lowest BCUT2D eigenvalue weighted by Crippen LogP contribution is -2.53. The highest BCUT2D eigenvalue weighted by atomic mass is 35.5. The van der Waals surface area contributed by atoms with Crippen LogP contribution in [0, 0.1) is 17.5 Å². The standard InChI is InChI=1S/C30H24Cl2F6N2O5/c31-19-9-15(33)10-20(32)25(19)18-4-3-14(17-2-1-6-45-27(17)18)8-23(29(42)43)39-28(41)26-21(34)11-16(12-22(26)35)40-5-7-44-13-24(40)30(36,37)38/h3-4,9-12,23-24H,1-2,5-8,13H2,(H,39,41)(H,42,43)/t23-,24+/m0/s1. The van der Waals surface area contributed by atoms with E-state index in [0.717, 1.165) is 17.0 Å². The van der Waals surface area contributed by atoms with E-state index in [-0.39, 0.29) is 29.6 Å². The predicted molar refractivity (Wildman–Crippen MR) is 153 cm³/mol. The number of carboxylic acids is 1. The Morgan fingerprint density at radius 1 is 1.04 bits per heavy atom. The summed E-state index contributed by atoms with van der Waals surface area (Å²) in [6.07, 6.45) is -4.06. The number of halogens is 8. The van der Waals surface area contributed by atoms with Gasteiger partial charge in [0, 0.05) is 29.8 Å². The van der Waals surface area contributed by atoms with Crippen LogP contribution in [0.2, 0.25) is 10.0 Å². The van der Waals surface area contributed by atoms with E-state index >= 15 is 8.78 Å². The maximum Gasteiger partial charge on any atom is 0.411 e. The average molecular weight is 677 g/mol. The van der Waals surface area contributed by atoms with E-state index in [2.05, 4.69) is 5.32 Å². The Labute approximate surface area is 262 Å². The molecule has 0 radical (unpaired) electrons. The van der Waals surface area contributed by atoms with Crippen molar-refractivity contribution in [2.24, 2.45) is 0 Å². The lowest BCUT2D eigenvalue weighted by Gasteiger charge is -2.38. The fourth-order valence-corrected chi connectivity index (χ4v) is 6.16. The molecule has 0 saturated carbocycles. The van der Waals surface area contributed by atoms with Gasteiger partial charge in [-0.15, -0.1) is 0 Å². The van der Waals surface area contributed by atoms with Crippen LogP contribution in [0.1, 0.15) is 27.9 Å². The lowest BCUT2D eigenvalue weighted by atomic mass is 9.90. The van der Waals surface area contributed by atoms with Crippen LogP contribution in [0.3, 0.4) is 0 Å². The fourth-order valence-electron chi connectivity index (χ4n) is 5.50. The van der Waals surface area contributed by atoms with Gasteiger partial charge in [-0.2, -0.15) is 13.2 Å². The van der Waals surface area contributed by atoms with Crippen molar-refractivity contribution in [2.45, 2.75) is 37.5 Å². The van der Waals surface area contributed by atoms with E-state index in [1.54, 1.807) is 12.1 Å². The number of ether oxygens (including phenoxy) is 2. The molecule has 1 fully saturated rings. The summed E-state index contributed by atoms with van der Waals surface area (Å²) in [6.45, 7) is -0.837. The molecular formula is C30H24Cl2F6N2O5. The van der Waals surface area contributed by atoms with Gasteiger partial charge in [0.2, 0.25) is 0 Å². The van der Waals surface area contributed by atoms with Gasteiger partial charge in [0.1, 0.15) is 40.8 Å². The van der Waals surface area contributed by atoms with E-state index in [1.807, 2.05) is 0 Å². The molecular weight excluding hydrogens is 653 g/mol. The summed E-state index contributed by atoms with van der Waals surface area (Å²) >= 11 is 12.5. The van der Waals surface area contributed by atoms with Crippen molar-refractivity contribution in [3.05, 3.63) is 80.6 Å². The van der Waals surface area contributed by atoms with Crippen molar-refractivity contribution in [1.29, 1.82) is 0 Å². The number of carboxylic acid groups (broad SMARTS) is 1. The molecule has 2 heterocycles. The molecule has 2 aliphatic rings. The summed E-state index contributed by atoms with van der Waals surface area (Å²) in [5.41, 5.74) is 0.176. The molecule has 0 spiro atoms. The molecule has 15 heteroatoms. The molecule has 1 amide bonds. The first-order chi connectivity index (χ1) is 21.3. The van der Waals surface area contributed by atoms with Crippen molar-refractivity contribution in [1.82, 2.24) is 5.32 Å². The number of benzene rings is 3. The number of anilines is 1. The third-order valence-electron chi connectivity index (χ3n) is 7.57. The number of carbonyl (C=O) groups is 2. The number of hydrogen-bond acceptors (Lipinski definition) is 5. The van der Waals surface area contributed by atoms with Crippen LogP contribution in [0.4, 0.5) is 32.0 Å². The van der Waals surface area contributed by atoms with Crippen molar-refractivity contribution >= 4 is 40.8 Å². The van der Waals surface area contributed by atoms with Gasteiger partial charge >= 0.3 is 12.1 Å². The molecule has 2 N–H and O–H groups in total. The average Bonchev–Trinajstić information content (AvgIpc) is 2.96. The molecule has 3 aromatic carbocycles. The van der Waals surface area contributed by atoms with Gasteiger partial charge in [0.25, 0.3) is 5.91 Å². The highest BCUT2D eigenvalue weighted by Crippen LogP contribution is 2.44. The quantitative estimate of drug-likeness (QED) is 0.275. The number of nitrogens with one attached hydrogen (secondary N) is 1. The number of alkyl halides is 3. The van der Waals surface area contributed by atoms with Crippen molar-refractivity contribution < 1.29 is 50.5 Å². The molecule has 0 aromatic heterocycles. The molecule has 2 aliphatic heterocycles. The number of hydrogen-bond donors (Lipinski definition) is 2. The Morgan fingerprint density at radius 3 is 2.33 bits per heavy atom. The van der Waals surface area contributed by atoms with E-state index in [1.165, 1.54) is 0 Å². The predicted octanol–water partition coefficient (Wildman–Crippen LogP) is 6.60. The van der Waals surface area contributed by atoms with Crippen LogP contribution in [0.15, 0.2) is 36.4 Å². The zero-order valence-electron chi connectivity index (χ0n) is 23.1. The highest BCUT2D eigenvalue weighted by Gasteiger charge is 2.46. The summed E-state index contributed by atoms with van der Waals surface area (Å²) in [7, 11) is 0. The van der Waals surface area contributed by atoms with Crippen LogP contribution in [-0.2, 0) is 22.4 Å². The smallest absolute Gasteiger partial charge is 0.411 e. The van der Waals surface area contributed by atoms with Gasteiger partial charge in [-0.1, -0.05) is 35.3 Å². The maximum atomic E-state index is 15.1. The number of amides is 1. The molecule has 0 unspecified atom stereocenters. The zero-order valence-corrected chi connectivity index (χ0v) is 24.6.